The minimum absolute atomic E-state index is 0.141. The van der Waals surface area contributed by atoms with E-state index < -0.39 is 0 Å². The molecule has 0 amide bonds. The number of ether oxygens (including phenoxy) is 2. The smallest absolute Gasteiger partial charge is 0.309 e. The van der Waals surface area contributed by atoms with Crippen molar-refractivity contribution in [2.75, 3.05) is 19.8 Å². The fourth-order valence-corrected chi connectivity index (χ4v) is 2.87. The molecule has 0 aromatic rings. The van der Waals surface area contributed by atoms with Crippen LogP contribution >= 0.6 is 0 Å². The van der Waals surface area contributed by atoms with Crippen molar-refractivity contribution in [1.29, 1.82) is 0 Å². The van der Waals surface area contributed by atoms with Crippen molar-refractivity contribution in [3.63, 3.8) is 0 Å². The van der Waals surface area contributed by atoms with Crippen molar-refractivity contribution < 1.29 is 24.2 Å². The largest absolute Gasteiger partial charge is 0.465 e. The quantitative estimate of drug-likeness (QED) is 0.204. The highest BCUT2D eigenvalue weighted by molar-refractivity contribution is 5.73. The predicted octanol–water partition coefficient (Wildman–Crippen LogP) is 4.84. The van der Waals surface area contributed by atoms with Crippen LogP contribution in [0.25, 0.3) is 0 Å². The number of hydrogen-bond acceptors (Lipinski definition) is 5. The second kappa shape index (κ2) is 17.5. The molecule has 28 heavy (non-hydrogen) atoms. The molecule has 0 bridgehead atoms. The molecule has 0 aromatic carbocycles. The fourth-order valence-electron chi connectivity index (χ4n) is 2.87. The third kappa shape index (κ3) is 13.5. The number of esters is 2. The summed E-state index contributed by atoms with van der Waals surface area (Å²) in [4.78, 5) is 24.4. The van der Waals surface area contributed by atoms with Gasteiger partial charge < -0.3 is 14.6 Å². The van der Waals surface area contributed by atoms with E-state index in [1.165, 1.54) is 0 Å². The van der Waals surface area contributed by atoms with E-state index in [9.17, 15) is 9.59 Å². The van der Waals surface area contributed by atoms with Gasteiger partial charge in [-0.3, -0.25) is 9.59 Å². The normalized spacial score (nSPS) is 13.0. The first kappa shape index (κ1) is 26.4. The third-order valence-electron chi connectivity index (χ3n) is 4.66. The van der Waals surface area contributed by atoms with E-state index in [0.29, 0.717) is 51.2 Å². The average Bonchev–Trinajstić information content (AvgIpc) is 2.65. The number of hydrogen-bond donors (Lipinski definition) is 1. The highest BCUT2D eigenvalue weighted by atomic mass is 16.5. The predicted molar refractivity (Wildman–Crippen MR) is 113 cm³/mol. The Kier molecular flexibility index (Phi) is 16.5. The number of aliphatic hydroxyl groups excluding tert-OH is 1. The Bertz CT molecular complexity index is 444. The van der Waals surface area contributed by atoms with Crippen LogP contribution in [0, 0.1) is 17.8 Å². The molecule has 5 nitrogen and oxygen atoms in total. The van der Waals surface area contributed by atoms with Gasteiger partial charge in [0.2, 0.25) is 0 Å². The molecule has 5 heteroatoms. The van der Waals surface area contributed by atoms with Gasteiger partial charge >= 0.3 is 11.9 Å². The molecule has 0 aromatic heterocycles. The van der Waals surface area contributed by atoms with Crippen molar-refractivity contribution in [2.24, 2.45) is 17.8 Å². The van der Waals surface area contributed by atoms with Crippen LogP contribution in [0.2, 0.25) is 0 Å². The highest BCUT2D eigenvalue weighted by Gasteiger charge is 2.20. The van der Waals surface area contributed by atoms with Gasteiger partial charge in [0.15, 0.2) is 0 Å². The van der Waals surface area contributed by atoms with Crippen LogP contribution in [0.4, 0.5) is 0 Å². The number of unbranched alkanes of at least 4 members (excludes halogenated alkanes) is 2. The molecule has 0 fully saturated rings. The number of rotatable bonds is 18. The number of aliphatic hydroxyl groups is 1. The lowest BCUT2D eigenvalue weighted by Crippen LogP contribution is -2.20. The summed E-state index contributed by atoms with van der Waals surface area (Å²) >= 11 is 0. The SMILES string of the molecule is C=CCC(CCCCO)C(=O)OCCCCC(CC=C)C(=O)OCCC(C)C. The van der Waals surface area contributed by atoms with Crippen molar-refractivity contribution in [2.45, 2.75) is 71.6 Å². The van der Waals surface area contributed by atoms with Crippen molar-refractivity contribution in [3.05, 3.63) is 25.3 Å². The van der Waals surface area contributed by atoms with E-state index >= 15 is 0 Å². The van der Waals surface area contributed by atoms with Crippen molar-refractivity contribution in [3.8, 4) is 0 Å². The van der Waals surface area contributed by atoms with Crippen LogP contribution in [-0.4, -0.2) is 36.9 Å². The molecule has 0 saturated carbocycles. The molecule has 0 aliphatic carbocycles. The summed E-state index contributed by atoms with van der Waals surface area (Å²) in [5.41, 5.74) is 0. The first-order chi connectivity index (χ1) is 13.5. The zero-order chi connectivity index (χ0) is 21.2. The molecule has 0 spiro atoms. The first-order valence-corrected chi connectivity index (χ1v) is 10.6. The second-order valence-electron chi connectivity index (χ2n) is 7.68. The Morgan fingerprint density at radius 2 is 1.32 bits per heavy atom. The van der Waals surface area contributed by atoms with Gasteiger partial charge in [0, 0.05) is 6.61 Å². The summed E-state index contributed by atoms with van der Waals surface area (Å²) in [6.45, 7) is 12.6. The van der Waals surface area contributed by atoms with E-state index in [2.05, 4.69) is 27.0 Å². The fraction of sp³-hybridized carbons (Fsp3) is 0.739. The van der Waals surface area contributed by atoms with Crippen LogP contribution in [0.3, 0.4) is 0 Å². The Labute approximate surface area is 171 Å². The van der Waals surface area contributed by atoms with Gasteiger partial charge in [0.05, 0.1) is 25.0 Å². The molecule has 0 aliphatic rings. The van der Waals surface area contributed by atoms with E-state index in [4.69, 9.17) is 14.6 Å². The third-order valence-corrected chi connectivity index (χ3v) is 4.66. The molecular formula is C23H40O5. The Morgan fingerprint density at radius 3 is 1.79 bits per heavy atom. The summed E-state index contributed by atoms with van der Waals surface area (Å²) in [5, 5.41) is 8.87. The molecule has 2 atom stereocenters. The molecule has 0 rings (SSSR count). The average molecular weight is 397 g/mol. The molecule has 0 heterocycles. The lowest BCUT2D eigenvalue weighted by atomic mass is 9.98. The van der Waals surface area contributed by atoms with E-state index in [0.717, 1.165) is 25.7 Å². The van der Waals surface area contributed by atoms with Gasteiger partial charge in [-0.2, -0.15) is 0 Å². The minimum atomic E-state index is -0.200. The number of allylic oxidation sites excluding steroid dienone is 2. The zero-order valence-corrected chi connectivity index (χ0v) is 17.9. The zero-order valence-electron chi connectivity index (χ0n) is 17.9. The Morgan fingerprint density at radius 1 is 0.821 bits per heavy atom. The highest BCUT2D eigenvalue weighted by Crippen LogP contribution is 2.18. The van der Waals surface area contributed by atoms with E-state index in [1.807, 2.05) is 0 Å². The maximum Gasteiger partial charge on any atom is 0.309 e. The van der Waals surface area contributed by atoms with Crippen LogP contribution in [0.5, 0.6) is 0 Å². The standard InChI is InChI=1S/C23H40O5/c1-5-11-20(13-7-9-16-24)22(25)27-17-10-8-14-21(12-6-2)23(26)28-18-15-19(3)4/h5-6,19-21,24H,1-2,7-18H2,3-4H3. The van der Waals surface area contributed by atoms with Gasteiger partial charge in [0.25, 0.3) is 0 Å². The van der Waals surface area contributed by atoms with Gasteiger partial charge in [-0.05, 0) is 57.3 Å². The summed E-state index contributed by atoms with van der Waals surface area (Å²) in [5.74, 6) is -0.212. The maximum absolute atomic E-state index is 12.2. The summed E-state index contributed by atoms with van der Waals surface area (Å²) in [6.07, 6.45) is 9.96. The second-order valence-corrected chi connectivity index (χ2v) is 7.68. The maximum atomic E-state index is 12.2. The van der Waals surface area contributed by atoms with Gasteiger partial charge in [0.1, 0.15) is 0 Å². The summed E-state index contributed by atoms with van der Waals surface area (Å²) in [6, 6.07) is 0. The van der Waals surface area contributed by atoms with Crippen molar-refractivity contribution in [1.82, 2.24) is 0 Å². The molecule has 1 N–H and O–H groups in total. The minimum Gasteiger partial charge on any atom is -0.465 e. The van der Waals surface area contributed by atoms with Gasteiger partial charge in [-0.1, -0.05) is 32.4 Å². The molecule has 0 saturated heterocycles. The number of carbonyl (C=O) groups is 2. The summed E-state index contributed by atoms with van der Waals surface area (Å²) in [7, 11) is 0. The molecule has 162 valence electrons. The number of carbonyl (C=O) groups excluding carboxylic acids is 2. The van der Waals surface area contributed by atoms with Gasteiger partial charge in [-0.25, -0.2) is 0 Å². The topological polar surface area (TPSA) is 72.8 Å². The Hall–Kier alpha value is -1.62. The van der Waals surface area contributed by atoms with Crippen LogP contribution in [0.15, 0.2) is 25.3 Å². The Balaban J connectivity index is 4.15. The van der Waals surface area contributed by atoms with Gasteiger partial charge in [-0.15, -0.1) is 13.2 Å². The molecular weight excluding hydrogens is 356 g/mol. The monoisotopic (exact) mass is 396 g/mol. The van der Waals surface area contributed by atoms with Crippen LogP contribution in [0.1, 0.15) is 71.6 Å². The lowest BCUT2D eigenvalue weighted by molar-refractivity contribution is -0.150. The lowest BCUT2D eigenvalue weighted by Gasteiger charge is -2.16. The molecule has 0 aliphatic heterocycles. The molecule has 0 radical (unpaired) electrons. The van der Waals surface area contributed by atoms with E-state index in [-0.39, 0.29) is 30.4 Å². The first-order valence-electron chi connectivity index (χ1n) is 10.6. The van der Waals surface area contributed by atoms with Crippen LogP contribution < -0.4 is 0 Å². The summed E-state index contributed by atoms with van der Waals surface area (Å²) < 4.78 is 10.8. The van der Waals surface area contributed by atoms with E-state index in [1.54, 1.807) is 12.2 Å². The van der Waals surface area contributed by atoms with Crippen molar-refractivity contribution >= 4 is 11.9 Å². The van der Waals surface area contributed by atoms with Crippen LogP contribution in [-0.2, 0) is 19.1 Å². The molecule has 2 unspecified atom stereocenters.